The van der Waals surface area contributed by atoms with Crippen LogP contribution in [0, 0.1) is 0 Å². The van der Waals surface area contributed by atoms with Crippen molar-refractivity contribution in [3.63, 3.8) is 0 Å². The molecule has 2 amide bonds. The van der Waals surface area contributed by atoms with Gasteiger partial charge in [-0.25, -0.2) is 0 Å². The molecule has 39 heavy (non-hydrogen) atoms. The number of hydrogen-bond donors (Lipinski definition) is 1. The normalized spacial score (nSPS) is 12.4. The Kier molecular flexibility index (Phi) is 7.73. The van der Waals surface area contributed by atoms with Crippen LogP contribution in [0.3, 0.4) is 0 Å². The Bertz CT molecular complexity index is 1490. The van der Waals surface area contributed by atoms with Crippen LogP contribution in [0.2, 0.25) is 0 Å². The van der Waals surface area contributed by atoms with Crippen molar-refractivity contribution in [3.8, 4) is 11.5 Å². The van der Waals surface area contributed by atoms with Crippen molar-refractivity contribution in [2.45, 2.75) is 26.4 Å². The third kappa shape index (κ3) is 6.18. The Morgan fingerprint density at radius 1 is 0.949 bits per heavy atom. The van der Waals surface area contributed by atoms with E-state index in [-0.39, 0.29) is 43.1 Å². The molecule has 2 heterocycles. The molecule has 0 bridgehead atoms. The molecule has 1 aromatic heterocycles. The largest absolute Gasteiger partial charge is 0.485 e. The number of anilines is 1. The highest BCUT2D eigenvalue weighted by Gasteiger charge is 2.28. The summed E-state index contributed by atoms with van der Waals surface area (Å²) in [6, 6.07) is 25.4. The minimum absolute atomic E-state index is 0.0825. The maximum atomic E-state index is 12.9. The molecule has 3 aromatic carbocycles. The van der Waals surface area contributed by atoms with Crippen molar-refractivity contribution in [2.24, 2.45) is 0 Å². The summed E-state index contributed by atoms with van der Waals surface area (Å²) < 4.78 is 17.0. The number of Topliss-reactive ketones (excluding diaryl/α,β-unsaturated/α-hetero) is 1. The first-order valence-corrected chi connectivity index (χ1v) is 12.7. The molecule has 5 rings (SSSR count). The van der Waals surface area contributed by atoms with Crippen LogP contribution in [0.5, 0.6) is 11.5 Å². The molecule has 0 saturated heterocycles. The summed E-state index contributed by atoms with van der Waals surface area (Å²) in [7, 11) is 0. The van der Waals surface area contributed by atoms with Gasteiger partial charge in [0.2, 0.25) is 0 Å². The summed E-state index contributed by atoms with van der Waals surface area (Å²) in [6.45, 7) is 2.23. The van der Waals surface area contributed by atoms with E-state index in [9.17, 15) is 14.4 Å². The summed E-state index contributed by atoms with van der Waals surface area (Å²) in [4.78, 5) is 39.7. The third-order valence-electron chi connectivity index (χ3n) is 6.40. The lowest BCUT2D eigenvalue weighted by molar-refractivity contribution is -0.121. The lowest BCUT2D eigenvalue weighted by atomic mass is 10.1. The Labute approximate surface area is 226 Å². The topological polar surface area (TPSA) is 98.1 Å². The molecule has 8 heteroatoms. The van der Waals surface area contributed by atoms with Crippen molar-refractivity contribution in [3.05, 3.63) is 113 Å². The molecule has 0 unspecified atom stereocenters. The van der Waals surface area contributed by atoms with Gasteiger partial charge >= 0.3 is 0 Å². The second-order valence-electron chi connectivity index (χ2n) is 9.10. The van der Waals surface area contributed by atoms with Gasteiger partial charge in [-0.2, -0.15) is 0 Å². The number of nitrogens with zero attached hydrogens (tertiary/aromatic N) is 1. The number of ether oxygens (including phenoxy) is 2. The zero-order valence-corrected chi connectivity index (χ0v) is 21.5. The summed E-state index contributed by atoms with van der Waals surface area (Å²) in [6.07, 6.45) is 0.870. The minimum atomic E-state index is -0.351. The highest BCUT2D eigenvalue weighted by Crippen LogP contribution is 2.34. The van der Waals surface area contributed by atoms with Gasteiger partial charge in [0, 0.05) is 12.1 Å². The number of fused-ring (bicyclic) bond motifs is 1. The molecule has 0 saturated carbocycles. The maximum Gasteiger partial charge on any atom is 0.287 e. The first-order chi connectivity index (χ1) is 19.0. The molecule has 0 aliphatic carbocycles. The van der Waals surface area contributed by atoms with Gasteiger partial charge in [0.1, 0.15) is 17.3 Å². The molecule has 0 spiro atoms. The number of ketones is 1. The monoisotopic (exact) mass is 524 g/mol. The van der Waals surface area contributed by atoms with Gasteiger partial charge in [0.25, 0.3) is 11.8 Å². The fourth-order valence-electron chi connectivity index (χ4n) is 4.24. The molecular weight excluding hydrogens is 496 g/mol. The fourth-order valence-corrected chi connectivity index (χ4v) is 4.24. The molecular formula is C31H28N2O6. The highest BCUT2D eigenvalue weighted by molar-refractivity contribution is 6.02. The number of nitrogens with one attached hydrogen (secondary N) is 1. The van der Waals surface area contributed by atoms with E-state index < -0.39 is 0 Å². The molecule has 1 aliphatic heterocycles. The molecule has 1 aliphatic rings. The van der Waals surface area contributed by atoms with E-state index in [0.717, 1.165) is 17.5 Å². The molecule has 4 aromatic rings. The average Bonchev–Trinajstić information content (AvgIpc) is 3.45. The van der Waals surface area contributed by atoms with Crippen molar-refractivity contribution >= 4 is 23.3 Å². The van der Waals surface area contributed by atoms with Gasteiger partial charge in [-0.05, 0) is 60.0 Å². The van der Waals surface area contributed by atoms with Crippen LogP contribution in [0.1, 0.15) is 44.7 Å². The van der Waals surface area contributed by atoms with E-state index in [2.05, 4.69) is 12.2 Å². The van der Waals surface area contributed by atoms with Crippen LogP contribution in [-0.4, -0.2) is 30.8 Å². The van der Waals surface area contributed by atoms with E-state index in [4.69, 9.17) is 13.9 Å². The number of amides is 2. The van der Waals surface area contributed by atoms with Crippen LogP contribution in [0.4, 0.5) is 5.69 Å². The molecule has 0 radical (unpaired) electrons. The van der Waals surface area contributed by atoms with Crippen molar-refractivity contribution < 1.29 is 28.3 Å². The van der Waals surface area contributed by atoms with E-state index in [1.54, 1.807) is 30.3 Å². The summed E-state index contributed by atoms with van der Waals surface area (Å²) in [5, 5.41) is 2.82. The Morgan fingerprint density at radius 3 is 2.59 bits per heavy atom. The number of aryl methyl sites for hydroxylation is 1. The predicted octanol–water partition coefficient (Wildman–Crippen LogP) is 4.96. The number of carbonyl (C=O) groups excluding carboxylic acids is 3. The highest BCUT2D eigenvalue weighted by atomic mass is 16.5. The van der Waals surface area contributed by atoms with Crippen LogP contribution < -0.4 is 19.7 Å². The van der Waals surface area contributed by atoms with E-state index >= 15 is 0 Å². The zero-order chi connectivity index (χ0) is 27.2. The van der Waals surface area contributed by atoms with E-state index in [1.807, 2.05) is 54.6 Å². The maximum absolute atomic E-state index is 12.9. The van der Waals surface area contributed by atoms with E-state index in [0.29, 0.717) is 35.1 Å². The predicted molar refractivity (Wildman–Crippen MR) is 145 cm³/mol. The van der Waals surface area contributed by atoms with Gasteiger partial charge in [0.05, 0.1) is 12.2 Å². The van der Waals surface area contributed by atoms with Crippen molar-refractivity contribution in [2.75, 3.05) is 18.1 Å². The molecule has 8 nitrogen and oxygen atoms in total. The van der Waals surface area contributed by atoms with Crippen molar-refractivity contribution in [1.29, 1.82) is 0 Å². The Morgan fingerprint density at radius 2 is 1.77 bits per heavy atom. The van der Waals surface area contributed by atoms with Crippen LogP contribution in [0.15, 0.2) is 89.3 Å². The minimum Gasteiger partial charge on any atom is -0.485 e. The molecule has 0 atom stereocenters. The molecule has 0 fully saturated rings. The SMILES string of the molecule is CCc1cccc(OCC(=O)c2ccc3c(c2)N(Cc2ccc(C(=O)NCc4ccccc4)o2)C(=O)CO3)c1. The summed E-state index contributed by atoms with van der Waals surface area (Å²) >= 11 is 0. The van der Waals surface area contributed by atoms with Gasteiger partial charge in [-0.3, -0.25) is 19.3 Å². The summed E-state index contributed by atoms with van der Waals surface area (Å²) in [5.41, 5.74) is 2.94. The fraction of sp³-hybridized carbons (Fsp3) is 0.194. The Balaban J connectivity index is 1.26. The quantitative estimate of drug-likeness (QED) is 0.295. The number of benzene rings is 3. The standard InChI is InChI=1S/C31H28N2O6/c1-2-21-9-6-10-24(15-21)37-19-27(34)23-11-13-28-26(16-23)33(30(35)20-38-28)18-25-12-14-29(39-25)31(36)32-17-22-7-4-3-5-8-22/h3-16H,2,17-20H2,1H3,(H,32,36). The first kappa shape index (κ1) is 25.8. The number of furan rings is 1. The smallest absolute Gasteiger partial charge is 0.287 e. The van der Waals surface area contributed by atoms with Gasteiger partial charge in [-0.1, -0.05) is 49.4 Å². The van der Waals surface area contributed by atoms with Crippen molar-refractivity contribution in [1.82, 2.24) is 5.32 Å². The second-order valence-corrected chi connectivity index (χ2v) is 9.10. The lowest BCUT2D eigenvalue weighted by Crippen LogP contribution is -2.38. The molecule has 198 valence electrons. The number of carbonyl (C=O) groups is 3. The van der Waals surface area contributed by atoms with Gasteiger partial charge in [-0.15, -0.1) is 0 Å². The van der Waals surface area contributed by atoms with Crippen LogP contribution in [0.25, 0.3) is 0 Å². The lowest BCUT2D eigenvalue weighted by Gasteiger charge is -2.29. The molecule has 1 N–H and O–H groups in total. The summed E-state index contributed by atoms with van der Waals surface area (Å²) in [5.74, 6) is 0.819. The zero-order valence-electron chi connectivity index (χ0n) is 21.5. The first-order valence-electron chi connectivity index (χ1n) is 12.7. The third-order valence-corrected chi connectivity index (χ3v) is 6.40. The van der Waals surface area contributed by atoms with Gasteiger partial charge in [0.15, 0.2) is 24.8 Å². The van der Waals surface area contributed by atoms with Gasteiger partial charge < -0.3 is 19.2 Å². The average molecular weight is 525 g/mol. The number of hydrogen-bond acceptors (Lipinski definition) is 6. The van der Waals surface area contributed by atoms with Crippen LogP contribution >= 0.6 is 0 Å². The Hall–Kier alpha value is -4.85. The van der Waals surface area contributed by atoms with E-state index in [1.165, 1.54) is 4.90 Å². The second kappa shape index (κ2) is 11.7. The van der Waals surface area contributed by atoms with Crippen LogP contribution in [-0.2, 0) is 24.3 Å². The number of rotatable bonds is 10.